The third kappa shape index (κ3) is 5.70. The van der Waals surface area contributed by atoms with Gasteiger partial charge in [0.2, 0.25) is 0 Å². The lowest BCUT2D eigenvalue weighted by Crippen LogP contribution is -2.34. The number of rotatable bonds is 7. The average molecular weight is 474 g/mol. The molecule has 0 radical (unpaired) electrons. The van der Waals surface area contributed by atoms with E-state index < -0.39 is 5.97 Å². The number of carbonyl (C=O) groups is 2. The summed E-state index contributed by atoms with van der Waals surface area (Å²) in [6.45, 7) is 6.15. The molecule has 1 fully saturated rings. The van der Waals surface area contributed by atoms with Crippen LogP contribution in [0.3, 0.4) is 0 Å². The molecule has 1 aromatic carbocycles. The van der Waals surface area contributed by atoms with Crippen LogP contribution < -0.4 is 4.74 Å². The van der Waals surface area contributed by atoms with E-state index in [1.807, 2.05) is 20.8 Å². The van der Waals surface area contributed by atoms with Gasteiger partial charge in [0.15, 0.2) is 11.5 Å². The summed E-state index contributed by atoms with van der Waals surface area (Å²) in [5.74, 6) is -0.325. The molecule has 6 nitrogen and oxygen atoms in total. The highest BCUT2D eigenvalue weighted by Gasteiger charge is 2.34. The third-order valence-corrected chi connectivity index (χ3v) is 5.37. The van der Waals surface area contributed by atoms with E-state index in [2.05, 4.69) is 15.9 Å². The zero-order valence-corrected chi connectivity index (χ0v) is 18.4. The van der Waals surface area contributed by atoms with Crippen molar-refractivity contribution in [2.24, 2.45) is 5.92 Å². The largest absolute Gasteiger partial charge is 0.503 e. The molecule has 1 amide bonds. The second-order valence-electron chi connectivity index (χ2n) is 6.13. The molecule has 0 aliphatic carbocycles. The van der Waals surface area contributed by atoms with Crippen LogP contribution in [0.2, 0.25) is 0 Å². The lowest BCUT2D eigenvalue weighted by Gasteiger charge is -2.14. The second kappa shape index (κ2) is 9.57. The number of phenols is 1. The lowest BCUT2D eigenvalue weighted by atomic mass is 10.2. The molecule has 1 heterocycles. The molecule has 0 aromatic heterocycles. The number of phenolic OH excluding ortho intramolecular Hbond substituents is 1. The van der Waals surface area contributed by atoms with Gasteiger partial charge in [0.25, 0.3) is 5.91 Å². The normalized spacial score (nSPS) is 15.7. The van der Waals surface area contributed by atoms with Crippen molar-refractivity contribution < 1.29 is 24.2 Å². The Hall–Kier alpha value is -1.58. The van der Waals surface area contributed by atoms with E-state index in [0.717, 1.165) is 11.8 Å². The minimum Gasteiger partial charge on any atom is -0.503 e. The second-order valence-corrected chi connectivity index (χ2v) is 8.66. The topological polar surface area (TPSA) is 76.1 Å². The van der Waals surface area contributed by atoms with Crippen LogP contribution in [0.5, 0.6) is 11.5 Å². The number of benzene rings is 1. The molecule has 1 aromatic rings. The Bertz CT molecular complexity index is 794. The molecule has 0 bridgehead atoms. The number of esters is 1. The van der Waals surface area contributed by atoms with Crippen LogP contribution in [0.1, 0.15) is 26.3 Å². The van der Waals surface area contributed by atoms with Crippen molar-refractivity contribution in [3.63, 3.8) is 0 Å². The van der Waals surface area contributed by atoms with E-state index in [1.54, 1.807) is 18.2 Å². The maximum Gasteiger partial charge on any atom is 0.326 e. The number of thiocarbonyl (C=S) groups is 1. The van der Waals surface area contributed by atoms with Gasteiger partial charge in [-0.2, -0.15) is 0 Å². The van der Waals surface area contributed by atoms with E-state index in [-0.39, 0.29) is 24.1 Å². The summed E-state index contributed by atoms with van der Waals surface area (Å²) in [4.78, 5) is 26.1. The highest BCUT2D eigenvalue weighted by Crippen LogP contribution is 2.38. The van der Waals surface area contributed by atoms with Crippen LogP contribution >= 0.6 is 39.9 Å². The highest BCUT2D eigenvalue weighted by atomic mass is 79.9. The average Bonchev–Trinajstić information content (AvgIpc) is 2.85. The summed E-state index contributed by atoms with van der Waals surface area (Å²) in [5, 5.41) is 9.99. The van der Waals surface area contributed by atoms with Gasteiger partial charge in [-0.15, -0.1) is 0 Å². The van der Waals surface area contributed by atoms with Crippen molar-refractivity contribution in [2.75, 3.05) is 19.8 Å². The van der Waals surface area contributed by atoms with E-state index in [9.17, 15) is 14.7 Å². The van der Waals surface area contributed by atoms with Gasteiger partial charge in [-0.3, -0.25) is 14.5 Å². The molecule has 0 atom stereocenters. The molecule has 0 unspecified atom stereocenters. The Morgan fingerprint density at radius 3 is 2.78 bits per heavy atom. The van der Waals surface area contributed by atoms with Crippen molar-refractivity contribution in [3.05, 3.63) is 27.1 Å². The SMILES string of the molecule is CCOc1cc(/C=C2\SC(=S)N(CC(=O)OCC(C)C)C2=O)cc(Br)c1O. The van der Waals surface area contributed by atoms with Gasteiger partial charge < -0.3 is 14.6 Å². The maximum absolute atomic E-state index is 12.6. The quantitative estimate of drug-likeness (QED) is 0.364. The lowest BCUT2D eigenvalue weighted by molar-refractivity contribution is -0.147. The summed E-state index contributed by atoms with van der Waals surface area (Å²) < 4.78 is 11.3. The number of hydrogen-bond donors (Lipinski definition) is 1. The Kier molecular flexibility index (Phi) is 7.69. The fourth-order valence-corrected chi connectivity index (χ4v) is 3.88. The molecule has 1 aliphatic rings. The first-order valence-electron chi connectivity index (χ1n) is 8.29. The minimum atomic E-state index is -0.493. The first-order chi connectivity index (χ1) is 12.7. The number of nitrogens with zero attached hydrogens (tertiary/aromatic N) is 1. The van der Waals surface area contributed by atoms with Crippen molar-refractivity contribution in [1.82, 2.24) is 4.90 Å². The van der Waals surface area contributed by atoms with Crippen LogP contribution in [-0.4, -0.2) is 46.0 Å². The van der Waals surface area contributed by atoms with E-state index >= 15 is 0 Å². The first-order valence-corrected chi connectivity index (χ1v) is 10.3. The molecular weight excluding hydrogens is 454 g/mol. The maximum atomic E-state index is 12.6. The fraction of sp³-hybridized carbons (Fsp3) is 0.389. The molecule has 1 saturated heterocycles. The number of amides is 1. The number of thioether (sulfide) groups is 1. The summed E-state index contributed by atoms with van der Waals surface area (Å²) in [7, 11) is 0. The van der Waals surface area contributed by atoms with Crippen molar-refractivity contribution in [2.45, 2.75) is 20.8 Å². The van der Waals surface area contributed by atoms with Crippen LogP contribution in [-0.2, 0) is 14.3 Å². The zero-order chi connectivity index (χ0) is 20.1. The molecule has 2 rings (SSSR count). The van der Waals surface area contributed by atoms with Gasteiger partial charge in [-0.1, -0.05) is 37.8 Å². The number of carbonyl (C=O) groups excluding carboxylic acids is 2. The van der Waals surface area contributed by atoms with Gasteiger partial charge in [0.1, 0.15) is 10.9 Å². The van der Waals surface area contributed by atoms with E-state index in [4.69, 9.17) is 21.7 Å². The van der Waals surface area contributed by atoms with Gasteiger partial charge >= 0.3 is 5.97 Å². The Morgan fingerprint density at radius 2 is 2.15 bits per heavy atom. The van der Waals surface area contributed by atoms with E-state index in [0.29, 0.717) is 38.2 Å². The van der Waals surface area contributed by atoms with Crippen LogP contribution in [0.25, 0.3) is 6.08 Å². The Morgan fingerprint density at radius 1 is 1.44 bits per heavy atom. The molecule has 0 spiro atoms. The Balaban J connectivity index is 2.17. The molecule has 0 saturated carbocycles. The molecule has 27 heavy (non-hydrogen) atoms. The molecule has 146 valence electrons. The van der Waals surface area contributed by atoms with Gasteiger partial charge in [0.05, 0.1) is 22.6 Å². The number of halogens is 1. The van der Waals surface area contributed by atoms with Gasteiger partial charge in [0, 0.05) is 0 Å². The number of hydrogen-bond acceptors (Lipinski definition) is 7. The highest BCUT2D eigenvalue weighted by molar-refractivity contribution is 9.10. The smallest absolute Gasteiger partial charge is 0.326 e. The van der Waals surface area contributed by atoms with Gasteiger partial charge in [-0.25, -0.2) is 0 Å². The van der Waals surface area contributed by atoms with Crippen LogP contribution in [0.4, 0.5) is 0 Å². The Labute approximate surface area is 176 Å². The molecule has 1 N–H and O–H groups in total. The number of aromatic hydroxyl groups is 1. The predicted molar refractivity (Wildman–Crippen MR) is 113 cm³/mol. The van der Waals surface area contributed by atoms with Gasteiger partial charge in [-0.05, 0) is 52.5 Å². The zero-order valence-electron chi connectivity index (χ0n) is 15.2. The summed E-state index contributed by atoms with van der Waals surface area (Å²) in [6.07, 6.45) is 1.64. The summed E-state index contributed by atoms with van der Waals surface area (Å²) in [5.41, 5.74) is 0.658. The first kappa shape index (κ1) is 21.7. The molecular formula is C18H20BrNO5S2. The van der Waals surface area contributed by atoms with E-state index in [1.165, 1.54) is 4.90 Å². The van der Waals surface area contributed by atoms with Crippen molar-refractivity contribution in [3.8, 4) is 11.5 Å². The molecule has 9 heteroatoms. The van der Waals surface area contributed by atoms with Crippen LogP contribution in [0, 0.1) is 5.92 Å². The number of ether oxygens (including phenoxy) is 2. The summed E-state index contributed by atoms with van der Waals surface area (Å²) >= 11 is 9.61. The van der Waals surface area contributed by atoms with Crippen molar-refractivity contribution in [1.29, 1.82) is 0 Å². The van der Waals surface area contributed by atoms with Crippen molar-refractivity contribution >= 4 is 62.2 Å². The summed E-state index contributed by atoms with van der Waals surface area (Å²) in [6, 6.07) is 3.30. The predicted octanol–water partition coefficient (Wildman–Crippen LogP) is 3.95. The minimum absolute atomic E-state index is 0.00514. The fourth-order valence-electron chi connectivity index (χ4n) is 2.16. The third-order valence-electron chi connectivity index (χ3n) is 3.39. The standard InChI is InChI=1S/C18H20BrNO5S2/c1-4-24-13-6-11(5-12(19)16(13)22)7-14-17(23)20(18(26)27-14)8-15(21)25-9-10(2)3/h5-7,10,22H,4,8-9H2,1-3H3/b14-7-. The monoisotopic (exact) mass is 473 g/mol. The van der Waals surface area contributed by atoms with Crippen LogP contribution in [0.15, 0.2) is 21.5 Å². The molecule has 1 aliphatic heterocycles.